The van der Waals surface area contributed by atoms with Crippen LogP contribution in [-0.2, 0) is 14.8 Å². The molecular weight excluding hydrogens is 238 g/mol. The van der Waals surface area contributed by atoms with Crippen molar-refractivity contribution in [3.63, 3.8) is 0 Å². The Morgan fingerprint density at radius 1 is 1.18 bits per heavy atom. The van der Waals surface area contributed by atoms with Gasteiger partial charge in [0, 0.05) is 0 Å². The molecule has 0 aromatic carbocycles. The number of sulfonamides is 1. The molecule has 2 atom stereocenters. The molecule has 0 bridgehead atoms. The maximum absolute atomic E-state index is 11.7. The first-order valence-corrected chi connectivity index (χ1v) is 7.78. The van der Waals surface area contributed by atoms with Gasteiger partial charge in [0.25, 0.3) is 0 Å². The molecule has 0 radical (unpaired) electrons. The summed E-state index contributed by atoms with van der Waals surface area (Å²) in [5, 5.41) is -0.460. The average molecular weight is 265 g/mol. The number of ketones is 1. The van der Waals surface area contributed by atoms with E-state index in [1.54, 1.807) is 6.92 Å². The summed E-state index contributed by atoms with van der Waals surface area (Å²) in [6.07, 6.45) is 0.540. The highest BCUT2D eigenvalue weighted by Gasteiger charge is 2.27. The van der Waals surface area contributed by atoms with Crippen LogP contribution in [0.1, 0.15) is 54.9 Å². The van der Waals surface area contributed by atoms with Crippen molar-refractivity contribution in [3.05, 3.63) is 0 Å². The highest BCUT2D eigenvalue weighted by Crippen LogP contribution is 2.09. The molecule has 0 spiro atoms. The number of hydrogen-bond acceptors (Lipinski definition) is 3. The normalized spacial score (nSPS) is 14.8. The minimum atomic E-state index is -3.37. The van der Waals surface area contributed by atoms with Crippen molar-refractivity contribution in [2.24, 2.45) is 5.92 Å². The first kappa shape index (κ1) is 18.9. The Morgan fingerprint density at radius 2 is 1.59 bits per heavy atom. The van der Waals surface area contributed by atoms with Crippen molar-refractivity contribution >= 4 is 15.8 Å². The molecule has 0 fully saturated rings. The van der Waals surface area contributed by atoms with Crippen LogP contribution in [0.2, 0.25) is 0 Å². The average Bonchev–Trinajstić information content (AvgIpc) is 2.26. The molecule has 0 saturated carbocycles. The molecule has 4 nitrogen and oxygen atoms in total. The Kier molecular flexibility index (Phi) is 9.62. The minimum absolute atomic E-state index is 0.0265. The fourth-order valence-corrected chi connectivity index (χ4v) is 2.66. The van der Waals surface area contributed by atoms with Gasteiger partial charge in [-0.1, -0.05) is 34.6 Å². The van der Waals surface area contributed by atoms with E-state index in [0.29, 0.717) is 6.42 Å². The number of Topliss-reactive ketones (excluding diaryl/α,β-unsaturated/α-hetero) is 1. The number of carbonyl (C=O) groups is 1. The lowest BCUT2D eigenvalue weighted by Gasteiger charge is -2.21. The smallest absolute Gasteiger partial charge is 0.214 e. The zero-order valence-electron chi connectivity index (χ0n) is 12.1. The third-order valence-electron chi connectivity index (χ3n) is 2.50. The molecular formula is C12H27NO3S. The summed E-state index contributed by atoms with van der Waals surface area (Å²) < 4.78 is 25.9. The fourth-order valence-electron chi connectivity index (χ4n) is 1.20. The van der Waals surface area contributed by atoms with E-state index >= 15 is 0 Å². The first-order chi connectivity index (χ1) is 7.72. The summed E-state index contributed by atoms with van der Waals surface area (Å²) in [6, 6.07) is -0.607. The van der Waals surface area contributed by atoms with E-state index in [1.807, 2.05) is 34.6 Å². The van der Waals surface area contributed by atoms with Crippen molar-refractivity contribution < 1.29 is 13.2 Å². The maximum atomic E-state index is 11.7. The Balaban J connectivity index is 0. The van der Waals surface area contributed by atoms with Crippen molar-refractivity contribution in [1.29, 1.82) is 0 Å². The lowest BCUT2D eigenvalue weighted by molar-refractivity contribution is -0.119. The minimum Gasteiger partial charge on any atom is -0.298 e. The van der Waals surface area contributed by atoms with Crippen LogP contribution >= 0.6 is 0 Å². The van der Waals surface area contributed by atoms with Crippen molar-refractivity contribution in [3.8, 4) is 0 Å². The molecule has 0 aliphatic rings. The second-order valence-corrected chi connectivity index (χ2v) is 6.34. The van der Waals surface area contributed by atoms with E-state index in [-0.39, 0.29) is 11.7 Å². The van der Waals surface area contributed by atoms with Crippen LogP contribution in [-0.4, -0.2) is 25.5 Å². The molecule has 0 aromatic rings. The summed E-state index contributed by atoms with van der Waals surface area (Å²) in [6.45, 7) is 12.5. The number of nitrogens with one attached hydrogen (secondary N) is 1. The molecule has 0 aliphatic heterocycles. The van der Waals surface area contributed by atoms with Crippen LogP contribution in [0.3, 0.4) is 0 Å². The van der Waals surface area contributed by atoms with Crippen LogP contribution in [0.5, 0.6) is 0 Å². The van der Waals surface area contributed by atoms with Crippen LogP contribution in [0, 0.1) is 5.92 Å². The van der Waals surface area contributed by atoms with Crippen LogP contribution in [0.15, 0.2) is 0 Å². The van der Waals surface area contributed by atoms with Crippen molar-refractivity contribution in [2.45, 2.75) is 66.2 Å². The van der Waals surface area contributed by atoms with Gasteiger partial charge in [-0.25, -0.2) is 13.1 Å². The van der Waals surface area contributed by atoms with Crippen LogP contribution < -0.4 is 4.72 Å². The van der Waals surface area contributed by atoms with Gasteiger partial charge in [0.2, 0.25) is 10.0 Å². The molecule has 1 N–H and O–H groups in total. The second-order valence-electron chi connectivity index (χ2n) is 4.21. The highest BCUT2D eigenvalue weighted by molar-refractivity contribution is 7.90. The van der Waals surface area contributed by atoms with E-state index in [0.717, 1.165) is 0 Å². The molecule has 2 unspecified atom stereocenters. The maximum Gasteiger partial charge on any atom is 0.214 e. The molecule has 104 valence electrons. The second kappa shape index (κ2) is 8.64. The largest absolute Gasteiger partial charge is 0.298 e. The third kappa shape index (κ3) is 6.78. The van der Waals surface area contributed by atoms with Gasteiger partial charge in [0.1, 0.15) is 5.78 Å². The molecule has 0 amide bonds. The standard InChI is InChI=1S/C10H21NO3S.C2H6/c1-6-8(4)15(13,14)11-10(7(2)3)9(5)12;1-2/h7-8,10-11H,6H2,1-5H3;1-2H3. The van der Waals surface area contributed by atoms with E-state index in [1.165, 1.54) is 6.92 Å². The van der Waals surface area contributed by atoms with Gasteiger partial charge in [0.15, 0.2) is 0 Å². The SMILES string of the molecule is CC.CCC(C)S(=O)(=O)NC(C(C)=O)C(C)C. The number of carbonyl (C=O) groups excluding carboxylic acids is 1. The van der Waals surface area contributed by atoms with Gasteiger partial charge in [-0.15, -0.1) is 0 Å². The van der Waals surface area contributed by atoms with Crippen LogP contribution in [0.25, 0.3) is 0 Å². The first-order valence-electron chi connectivity index (χ1n) is 6.24. The molecule has 17 heavy (non-hydrogen) atoms. The zero-order chi connectivity index (χ0) is 14.2. The van der Waals surface area contributed by atoms with Crippen LogP contribution in [0.4, 0.5) is 0 Å². The molecule has 5 heteroatoms. The molecule has 0 aliphatic carbocycles. The van der Waals surface area contributed by atoms with Gasteiger partial charge in [-0.2, -0.15) is 0 Å². The van der Waals surface area contributed by atoms with Gasteiger partial charge in [-0.3, -0.25) is 4.79 Å². The molecule has 0 rings (SSSR count). The Labute approximate surface area is 106 Å². The fraction of sp³-hybridized carbons (Fsp3) is 0.917. The summed E-state index contributed by atoms with van der Waals surface area (Å²) in [5.74, 6) is -0.168. The zero-order valence-corrected chi connectivity index (χ0v) is 12.9. The third-order valence-corrected chi connectivity index (χ3v) is 4.48. The van der Waals surface area contributed by atoms with Gasteiger partial charge in [-0.05, 0) is 26.2 Å². The van der Waals surface area contributed by atoms with Gasteiger partial charge in [0.05, 0.1) is 11.3 Å². The molecule has 0 heterocycles. The predicted octanol–water partition coefficient (Wildman–Crippen LogP) is 2.34. The van der Waals surface area contributed by atoms with Gasteiger partial charge >= 0.3 is 0 Å². The topological polar surface area (TPSA) is 63.2 Å². The number of rotatable bonds is 6. The Hall–Kier alpha value is -0.420. The monoisotopic (exact) mass is 265 g/mol. The quantitative estimate of drug-likeness (QED) is 0.801. The van der Waals surface area contributed by atoms with Gasteiger partial charge < -0.3 is 0 Å². The summed E-state index contributed by atoms with van der Waals surface area (Å²) >= 11 is 0. The van der Waals surface area contributed by atoms with Crippen molar-refractivity contribution in [2.75, 3.05) is 0 Å². The Bertz CT molecular complexity index is 310. The van der Waals surface area contributed by atoms with E-state index in [4.69, 9.17) is 0 Å². The lowest BCUT2D eigenvalue weighted by atomic mass is 10.0. The molecule has 0 aromatic heterocycles. The summed E-state index contributed by atoms with van der Waals surface area (Å²) in [4.78, 5) is 11.2. The van der Waals surface area contributed by atoms with Crippen molar-refractivity contribution in [1.82, 2.24) is 4.72 Å². The van der Waals surface area contributed by atoms with E-state index in [2.05, 4.69) is 4.72 Å². The summed E-state index contributed by atoms with van der Waals surface area (Å²) in [5.41, 5.74) is 0. The number of hydrogen-bond donors (Lipinski definition) is 1. The summed E-state index contributed by atoms with van der Waals surface area (Å²) in [7, 11) is -3.37. The Morgan fingerprint density at radius 3 is 1.82 bits per heavy atom. The van der Waals surface area contributed by atoms with E-state index < -0.39 is 21.3 Å². The predicted molar refractivity (Wildman–Crippen MR) is 72.5 cm³/mol. The lowest BCUT2D eigenvalue weighted by Crippen LogP contribution is -2.46. The highest BCUT2D eigenvalue weighted by atomic mass is 32.2. The molecule has 0 saturated heterocycles. The van der Waals surface area contributed by atoms with E-state index in [9.17, 15) is 13.2 Å².